The number of rotatable bonds is 1. The molecule has 0 saturated carbocycles. The number of hydrogen-bond donors (Lipinski definition) is 1. The maximum Gasteiger partial charge on any atom is 0.141 e. The summed E-state index contributed by atoms with van der Waals surface area (Å²) in [5.74, 6) is 7.39. The lowest BCUT2D eigenvalue weighted by molar-refractivity contribution is 0.393. The van der Waals surface area contributed by atoms with Gasteiger partial charge in [-0.05, 0) is 44.0 Å². The van der Waals surface area contributed by atoms with Gasteiger partial charge in [-0.1, -0.05) is 29.3 Å². The molecule has 0 bridgehead atoms. The lowest BCUT2D eigenvalue weighted by atomic mass is 10.0. The molecule has 2 N–H and O–H groups in total. The van der Waals surface area contributed by atoms with Crippen LogP contribution >= 0.6 is 0 Å². The maximum absolute atomic E-state index is 5.81. The summed E-state index contributed by atoms with van der Waals surface area (Å²) in [5, 5.41) is 3.99. The molecule has 0 saturated heterocycles. The van der Waals surface area contributed by atoms with Gasteiger partial charge in [0.15, 0.2) is 0 Å². The Kier molecular flexibility index (Phi) is 3.63. The van der Waals surface area contributed by atoms with Crippen molar-refractivity contribution in [2.45, 2.75) is 13.8 Å². The van der Waals surface area contributed by atoms with Crippen LogP contribution in [0.3, 0.4) is 0 Å². The Bertz CT molecular complexity index is 851. The Balaban J connectivity index is 2.12. The van der Waals surface area contributed by atoms with Crippen LogP contribution in [0.15, 0.2) is 47.0 Å². The van der Waals surface area contributed by atoms with Crippen molar-refractivity contribution in [2.24, 2.45) is 0 Å². The highest BCUT2D eigenvalue weighted by molar-refractivity contribution is 5.73. The van der Waals surface area contributed by atoms with Crippen molar-refractivity contribution in [1.82, 2.24) is 10.1 Å². The van der Waals surface area contributed by atoms with Crippen LogP contribution in [0.1, 0.15) is 22.7 Å². The summed E-state index contributed by atoms with van der Waals surface area (Å²) in [6.07, 6.45) is 0. The molecule has 2 aromatic heterocycles. The van der Waals surface area contributed by atoms with E-state index in [-0.39, 0.29) is 0 Å². The summed E-state index contributed by atoms with van der Waals surface area (Å²) >= 11 is 0. The smallest absolute Gasteiger partial charge is 0.141 e. The second-order valence-corrected chi connectivity index (χ2v) is 4.95. The summed E-state index contributed by atoms with van der Waals surface area (Å²) < 4.78 is 5.24. The van der Waals surface area contributed by atoms with Gasteiger partial charge in [-0.15, -0.1) is 0 Å². The third-order valence-electron chi connectivity index (χ3n) is 3.32. The van der Waals surface area contributed by atoms with Crippen molar-refractivity contribution in [3.63, 3.8) is 0 Å². The molecule has 3 rings (SSSR count). The van der Waals surface area contributed by atoms with Crippen molar-refractivity contribution >= 4 is 5.82 Å². The molecule has 0 unspecified atom stereocenters. The average Bonchev–Trinajstić information content (AvgIpc) is 2.86. The van der Waals surface area contributed by atoms with E-state index in [9.17, 15) is 0 Å². The van der Waals surface area contributed by atoms with Crippen molar-refractivity contribution in [3.8, 4) is 23.0 Å². The lowest BCUT2D eigenvalue weighted by Gasteiger charge is -2.04. The van der Waals surface area contributed by atoms with Gasteiger partial charge in [0.05, 0.1) is 11.3 Å². The molecule has 108 valence electrons. The molecular formula is C18H15N3O. The lowest BCUT2D eigenvalue weighted by Crippen LogP contribution is -1.96. The summed E-state index contributed by atoms with van der Waals surface area (Å²) in [6, 6.07) is 13.4. The van der Waals surface area contributed by atoms with Crippen LogP contribution in [-0.4, -0.2) is 10.1 Å². The number of pyridine rings is 1. The monoisotopic (exact) mass is 289 g/mol. The van der Waals surface area contributed by atoms with Gasteiger partial charge < -0.3 is 10.3 Å². The number of benzene rings is 1. The molecule has 0 aliphatic carbocycles. The van der Waals surface area contributed by atoms with Gasteiger partial charge in [0.2, 0.25) is 0 Å². The van der Waals surface area contributed by atoms with Crippen molar-refractivity contribution < 1.29 is 4.52 Å². The van der Waals surface area contributed by atoms with E-state index in [1.807, 2.05) is 50.2 Å². The van der Waals surface area contributed by atoms with E-state index < -0.39 is 0 Å². The number of hydrogen-bond acceptors (Lipinski definition) is 4. The van der Waals surface area contributed by atoms with Crippen molar-refractivity contribution in [1.29, 1.82) is 0 Å². The standard InChI is InChI=1S/C18H15N3O/c1-12-18(13(2)22-21-12)15-9-11-17(19)20-16(15)10-8-14-6-4-3-5-7-14/h3-7,9,11H,1-2H3,(H2,19,20). The molecule has 0 radical (unpaired) electrons. The largest absolute Gasteiger partial charge is 0.384 e. The highest BCUT2D eigenvalue weighted by atomic mass is 16.5. The van der Waals surface area contributed by atoms with E-state index in [1.54, 1.807) is 6.07 Å². The van der Waals surface area contributed by atoms with Gasteiger partial charge in [-0.3, -0.25) is 0 Å². The van der Waals surface area contributed by atoms with Crippen molar-refractivity contribution in [2.75, 3.05) is 5.73 Å². The van der Waals surface area contributed by atoms with Crippen LogP contribution in [0.5, 0.6) is 0 Å². The Morgan fingerprint density at radius 3 is 2.45 bits per heavy atom. The number of nitrogens with zero attached hydrogens (tertiary/aromatic N) is 2. The Morgan fingerprint density at radius 1 is 1.00 bits per heavy atom. The molecule has 4 nitrogen and oxygen atoms in total. The number of anilines is 1. The van der Waals surface area contributed by atoms with E-state index in [1.165, 1.54) is 0 Å². The first-order valence-electron chi connectivity index (χ1n) is 6.92. The molecule has 4 heteroatoms. The zero-order valence-electron chi connectivity index (χ0n) is 12.4. The third kappa shape index (κ3) is 2.70. The molecule has 0 spiro atoms. The highest BCUT2D eigenvalue weighted by Gasteiger charge is 2.15. The quantitative estimate of drug-likeness (QED) is 0.698. The molecule has 1 aromatic carbocycles. The van der Waals surface area contributed by atoms with Crippen LogP contribution in [0.25, 0.3) is 11.1 Å². The van der Waals surface area contributed by atoms with Crippen LogP contribution < -0.4 is 5.73 Å². The minimum Gasteiger partial charge on any atom is -0.384 e. The predicted octanol–water partition coefficient (Wildman–Crippen LogP) is 3.34. The first-order valence-corrected chi connectivity index (χ1v) is 6.92. The van der Waals surface area contributed by atoms with Crippen molar-refractivity contribution in [3.05, 3.63) is 65.2 Å². The first kappa shape index (κ1) is 13.9. The predicted molar refractivity (Wildman–Crippen MR) is 86.0 cm³/mol. The van der Waals surface area contributed by atoms with Gasteiger partial charge in [-0.2, -0.15) is 0 Å². The Labute approximate surface area is 129 Å². The zero-order valence-corrected chi connectivity index (χ0v) is 12.4. The average molecular weight is 289 g/mol. The normalized spacial score (nSPS) is 10.1. The molecule has 0 aliphatic heterocycles. The third-order valence-corrected chi connectivity index (χ3v) is 3.32. The number of nitrogen functional groups attached to an aromatic ring is 1. The fraction of sp³-hybridized carbons (Fsp3) is 0.111. The Morgan fingerprint density at radius 2 is 1.77 bits per heavy atom. The highest BCUT2D eigenvalue weighted by Crippen LogP contribution is 2.29. The van der Waals surface area contributed by atoms with E-state index >= 15 is 0 Å². The van der Waals surface area contributed by atoms with E-state index in [0.29, 0.717) is 11.5 Å². The minimum atomic E-state index is 0.438. The van der Waals surface area contributed by atoms with Crippen LogP contribution in [-0.2, 0) is 0 Å². The fourth-order valence-corrected chi connectivity index (χ4v) is 2.29. The number of aryl methyl sites for hydroxylation is 2. The molecule has 0 aliphatic rings. The summed E-state index contributed by atoms with van der Waals surface area (Å²) in [4.78, 5) is 4.36. The van der Waals surface area contributed by atoms with Crippen LogP contribution in [0.2, 0.25) is 0 Å². The Hall–Kier alpha value is -3.06. The van der Waals surface area contributed by atoms with E-state index in [2.05, 4.69) is 22.0 Å². The molecule has 0 atom stereocenters. The van der Waals surface area contributed by atoms with Gasteiger partial charge in [-0.25, -0.2) is 4.98 Å². The topological polar surface area (TPSA) is 64.9 Å². The molecule has 22 heavy (non-hydrogen) atoms. The molecule has 3 aromatic rings. The molecule has 0 fully saturated rings. The van der Waals surface area contributed by atoms with E-state index in [0.717, 1.165) is 28.1 Å². The van der Waals surface area contributed by atoms with Crippen LogP contribution in [0, 0.1) is 25.7 Å². The van der Waals surface area contributed by atoms with E-state index in [4.69, 9.17) is 10.3 Å². The van der Waals surface area contributed by atoms with Gasteiger partial charge >= 0.3 is 0 Å². The van der Waals surface area contributed by atoms with Gasteiger partial charge in [0, 0.05) is 11.1 Å². The number of aromatic nitrogens is 2. The molecule has 0 amide bonds. The van der Waals surface area contributed by atoms with Crippen LogP contribution in [0.4, 0.5) is 5.82 Å². The fourth-order valence-electron chi connectivity index (χ4n) is 2.29. The minimum absolute atomic E-state index is 0.438. The number of nitrogens with two attached hydrogens (primary N) is 1. The SMILES string of the molecule is Cc1noc(C)c1-c1ccc(N)nc1C#Cc1ccccc1. The summed E-state index contributed by atoms with van der Waals surface area (Å²) in [6.45, 7) is 3.77. The second kappa shape index (κ2) is 5.74. The van der Waals surface area contributed by atoms with Gasteiger partial charge in [0.1, 0.15) is 17.3 Å². The zero-order chi connectivity index (χ0) is 15.5. The molecular weight excluding hydrogens is 274 g/mol. The summed E-state index contributed by atoms with van der Waals surface area (Å²) in [7, 11) is 0. The summed E-state index contributed by atoms with van der Waals surface area (Å²) in [5.41, 5.74) is 9.97. The second-order valence-electron chi connectivity index (χ2n) is 4.95. The van der Waals surface area contributed by atoms with Gasteiger partial charge in [0.25, 0.3) is 0 Å². The molecule has 2 heterocycles. The first-order chi connectivity index (χ1) is 10.6. The maximum atomic E-state index is 5.81.